The minimum Gasteiger partial charge on any atom is -0.355 e. The van der Waals surface area contributed by atoms with Crippen LogP contribution in [0.5, 0.6) is 0 Å². The fraction of sp³-hybridized carbons (Fsp3) is 0.364. The first-order valence-corrected chi connectivity index (χ1v) is 6.03. The molecule has 2 N–H and O–H groups in total. The Balaban J connectivity index is 1.95. The molecule has 2 aromatic rings. The molecule has 4 heteroatoms. The average Bonchev–Trinajstić information content (AvgIpc) is 2.64. The zero-order valence-corrected chi connectivity index (χ0v) is 9.20. The van der Waals surface area contributed by atoms with E-state index in [9.17, 15) is 0 Å². The van der Waals surface area contributed by atoms with Crippen molar-refractivity contribution < 1.29 is 0 Å². The van der Waals surface area contributed by atoms with Crippen molar-refractivity contribution >= 4 is 27.2 Å². The Hall–Kier alpha value is -1.13. The van der Waals surface area contributed by atoms with Gasteiger partial charge in [-0.25, -0.2) is 4.98 Å². The molecule has 0 radical (unpaired) electrons. The first-order chi connectivity index (χ1) is 7.38. The fourth-order valence-corrected chi connectivity index (χ4v) is 2.80. The molecule has 0 atom stereocenters. The zero-order valence-electron chi connectivity index (χ0n) is 8.39. The number of hydrogen-bond donors (Lipinski definition) is 1. The maximum atomic E-state index is 5.62. The second-order valence-electron chi connectivity index (χ2n) is 3.97. The molecule has 0 spiro atoms. The van der Waals surface area contributed by atoms with E-state index in [-0.39, 0.29) is 0 Å². The van der Waals surface area contributed by atoms with Gasteiger partial charge in [0.25, 0.3) is 0 Å². The topological polar surface area (TPSA) is 42.1 Å². The van der Waals surface area contributed by atoms with Crippen LogP contribution >= 0.6 is 11.3 Å². The molecule has 1 aliphatic heterocycles. The summed E-state index contributed by atoms with van der Waals surface area (Å²) in [5.41, 5.74) is 5.62. The van der Waals surface area contributed by atoms with Crippen LogP contribution in [0.3, 0.4) is 0 Å². The lowest BCUT2D eigenvalue weighted by atomic mass is 10.0. The van der Waals surface area contributed by atoms with Gasteiger partial charge in [0, 0.05) is 35.3 Å². The molecule has 0 aromatic carbocycles. The highest BCUT2D eigenvalue weighted by molar-refractivity contribution is 7.17. The molecule has 15 heavy (non-hydrogen) atoms. The van der Waals surface area contributed by atoms with Crippen LogP contribution in [0, 0.1) is 5.92 Å². The molecule has 3 heterocycles. The van der Waals surface area contributed by atoms with Gasteiger partial charge in [0.05, 0.1) is 0 Å². The summed E-state index contributed by atoms with van der Waals surface area (Å²) in [6.07, 6.45) is 1.89. The van der Waals surface area contributed by atoms with Crippen molar-refractivity contribution in [3.8, 4) is 0 Å². The van der Waals surface area contributed by atoms with Gasteiger partial charge in [0.15, 0.2) is 0 Å². The third-order valence-corrected chi connectivity index (χ3v) is 3.83. The van der Waals surface area contributed by atoms with E-state index in [0.29, 0.717) is 5.92 Å². The molecular formula is C11H13N3S. The van der Waals surface area contributed by atoms with Crippen LogP contribution in [0.4, 0.5) is 5.82 Å². The van der Waals surface area contributed by atoms with Gasteiger partial charge in [-0.05, 0) is 24.1 Å². The first-order valence-electron chi connectivity index (χ1n) is 5.15. The van der Waals surface area contributed by atoms with E-state index < -0.39 is 0 Å². The van der Waals surface area contributed by atoms with Gasteiger partial charge >= 0.3 is 0 Å². The second kappa shape index (κ2) is 3.47. The molecule has 2 aromatic heterocycles. The van der Waals surface area contributed by atoms with Gasteiger partial charge in [-0.3, -0.25) is 0 Å². The molecule has 3 rings (SSSR count). The Bertz CT molecular complexity index is 473. The predicted molar refractivity (Wildman–Crippen MR) is 64.4 cm³/mol. The summed E-state index contributed by atoms with van der Waals surface area (Å²) in [6.45, 7) is 2.90. The number of aromatic nitrogens is 1. The van der Waals surface area contributed by atoms with Crippen molar-refractivity contribution in [2.45, 2.75) is 0 Å². The molecule has 0 bridgehead atoms. The lowest BCUT2D eigenvalue weighted by Crippen LogP contribution is -2.50. The normalized spacial score (nSPS) is 17.0. The van der Waals surface area contributed by atoms with E-state index >= 15 is 0 Å². The number of thiophene rings is 1. The van der Waals surface area contributed by atoms with Crippen LogP contribution in [0.25, 0.3) is 10.1 Å². The molecule has 0 saturated carbocycles. The summed E-state index contributed by atoms with van der Waals surface area (Å²) in [7, 11) is 0. The molecule has 1 saturated heterocycles. The summed E-state index contributed by atoms with van der Waals surface area (Å²) in [5, 5.41) is 3.40. The number of hydrogen-bond acceptors (Lipinski definition) is 4. The molecule has 1 fully saturated rings. The van der Waals surface area contributed by atoms with Crippen molar-refractivity contribution in [1.29, 1.82) is 0 Å². The van der Waals surface area contributed by atoms with E-state index in [1.165, 1.54) is 10.1 Å². The predicted octanol–water partition coefficient (Wildman–Crippen LogP) is 1.69. The Morgan fingerprint density at radius 1 is 1.47 bits per heavy atom. The monoisotopic (exact) mass is 219 g/mol. The quantitative estimate of drug-likeness (QED) is 0.835. The Morgan fingerprint density at radius 3 is 3.13 bits per heavy atom. The Morgan fingerprint density at radius 2 is 2.33 bits per heavy atom. The SMILES string of the molecule is NCC1CN(c2nccc3sccc23)C1. The Kier molecular flexibility index (Phi) is 2.11. The molecule has 0 aliphatic carbocycles. The lowest BCUT2D eigenvalue weighted by Gasteiger charge is -2.39. The average molecular weight is 219 g/mol. The second-order valence-corrected chi connectivity index (χ2v) is 4.92. The van der Waals surface area contributed by atoms with Gasteiger partial charge in [0.1, 0.15) is 5.82 Å². The highest BCUT2D eigenvalue weighted by atomic mass is 32.1. The van der Waals surface area contributed by atoms with Gasteiger partial charge in [-0.15, -0.1) is 11.3 Å². The van der Waals surface area contributed by atoms with Gasteiger partial charge in [0.2, 0.25) is 0 Å². The van der Waals surface area contributed by atoms with Crippen LogP contribution in [-0.2, 0) is 0 Å². The van der Waals surface area contributed by atoms with Crippen molar-refractivity contribution in [3.05, 3.63) is 23.7 Å². The summed E-state index contributed by atoms with van der Waals surface area (Å²) < 4.78 is 1.32. The number of nitrogens with zero attached hydrogens (tertiary/aromatic N) is 2. The summed E-state index contributed by atoms with van der Waals surface area (Å²) >= 11 is 1.77. The maximum Gasteiger partial charge on any atom is 0.137 e. The summed E-state index contributed by atoms with van der Waals surface area (Å²) in [6, 6.07) is 4.22. The number of pyridine rings is 1. The van der Waals surface area contributed by atoms with Gasteiger partial charge in [-0.1, -0.05) is 0 Å². The Labute approximate surface area is 92.5 Å². The van der Waals surface area contributed by atoms with Crippen LogP contribution in [-0.4, -0.2) is 24.6 Å². The molecule has 0 amide bonds. The minimum atomic E-state index is 0.653. The standard InChI is InChI=1S/C11H13N3S/c12-5-8-6-14(7-8)11-9-2-4-15-10(9)1-3-13-11/h1-4,8H,5-7,12H2. The third kappa shape index (κ3) is 1.41. The highest BCUT2D eigenvalue weighted by Gasteiger charge is 2.27. The number of anilines is 1. The largest absolute Gasteiger partial charge is 0.355 e. The highest BCUT2D eigenvalue weighted by Crippen LogP contribution is 2.31. The summed E-state index contributed by atoms with van der Waals surface area (Å²) in [5.74, 6) is 1.78. The van der Waals surface area contributed by atoms with Crippen LogP contribution in [0.2, 0.25) is 0 Å². The fourth-order valence-electron chi connectivity index (χ4n) is 2.02. The third-order valence-electron chi connectivity index (χ3n) is 2.95. The van der Waals surface area contributed by atoms with Gasteiger partial charge in [-0.2, -0.15) is 0 Å². The van der Waals surface area contributed by atoms with Crippen molar-refractivity contribution in [1.82, 2.24) is 4.98 Å². The van der Waals surface area contributed by atoms with E-state index in [4.69, 9.17) is 5.73 Å². The molecule has 1 aliphatic rings. The molecule has 78 valence electrons. The molecule has 3 nitrogen and oxygen atoms in total. The number of rotatable bonds is 2. The van der Waals surface area contributed by atoms with E-state index in [0.717, 1.165) is 25.5 Å². The van der Waals surface area contributed by atoms with E-state index in [2.05, 4.69) is 27.4 Å². The maximum absolute atomic E-state index is 5.62. The smallest absolute Gasteiger partial charge is 0.137 e. The van der Waals surface area contributed by atoms with Crippen LogP contribution in [0.15, 0.2) is 23.7 Å². The van der Waals surface area contributed by atoms with Crippen molar-refractivity contribution in [2.24, 2.45) is 11.7 Å². The minimum absolute atomic E-state index is 0.653. The molecular weight excluding hydrogens is 206 g/mol. The van der Waals surface area contributed by atoms with E-state index in [1.807, 2.05) is 6.20 Å². The zero-order chi connectivity index (χ0) is 10.3. The van der Waals surface area contributed by atoms with Gasteiger partial charge < -0.3 is 10.6 Å². The summed E-state index contributed by atoms with van der Waals surface area (Å²) in [4.78, 5) is 6.77. The van der Waals surface area contributed by atoms with Crippen LogP contribution in [0.1, 0.15) is 0 Å². The van der Waals surface area contributed by atoms with E-state index in [1.54, 1.807) is 11.3 Å². The van der Waals surface area contributed by atoms with Crippen LogP contribution < -0.4 is 10.6 Å². The molecule has 0 unspecified atom stereocenters. The lowest BCUT2D eigenvalue weighted by molar-refractivity contribution is 0.418. The first kappa shape index (κ1) is 9.12. The number of fused-ring (bicyclic) bond motifs is 1. The van der Waals surface area contributed by atoms with Crippen molar-refractivity contribution in [3.63, 3.8) is 0 Å². The number of nitrogens with two attached hydrogens (primary N) is 1. The van der Waals surface area contributed by atoms with Crippen molar-refractivity contribution in [2.75, 3.05) is 24.5 Å².